The van der Waals surface area contributed by atoms with Gasteiger partial charge in [-0.15, -0.1) is 0 Å². The maximum atomic E-state index is 13.1. The van der Waals surface area contributed by atoms with E-state index in [1.807, 2.05) is 24.6 Å². The monoisotopic (exact) mass is 444 g/mol. The van der Waals surface area contributed by atoms with Gasteiger partial charge in [0.2, 0.25) is 5.91 Å². The number of aromatic nitrogens is 2. The van der Waals surface area contributed by atoms with Crippen molar-refractivity contribution in [1.82, 2.24) is 14.7 Å². The summed E-state index contributed by atoms with van der Waals surface area (Å²) < 4.78 is 25.5. The molecule has 0 spiro atoms. The third-order valence-corrected chi connectivity index (χ3v) is 8.00. The summed E-state index contributed by atoms with van der Waals surface area (Å²) in [4.78, 5) is 28.5. The number of carbonyl (C=O) groups is 2. The van der Waals surface area contributed by atoms with Crippen molar-refractivity contribution in [3.8, 4) is 0 Å². The smallest absolute Gasteiger partial charge is 0.253 e. The van der Waals surface area contributed by atoms with Crippen LogP contribution in [0.1, 0.15) is 52.6 Å². The molecule has 1 aromatic carbocycles. The minimum Gasteiger partial charge on any atom is -0.337 e. The fourth-order valence-electron chi connectivity index (χ4n) is 4.51. The van der Waals surface area contributed by atoms with Crippen molar-refractivity contribution in [2.45, 2.75) is 45.7 Å². The van der Waals surface area contributed by atoms with Crippen LogP contribution in [0, 0.1) is 13.8 Å². The molecule has 2 aliphatic heterocycles. The van der Waals surface area contributed by atoms with Crippen LogP contribution in [0.4, 0.5) is 5.69 Å². The first-order valence-corrected chi connectivity index (χ1v) is 12.4. The topological polar surface area (TPSA) is 92.6 Å². The van der Waals surface area contributed by atoms with Crippen molar-refractivity contribution in [2.75, 3.05) is 30.0 Å². The zero-order valence-electron chi connectivity index (χ0n) is 18.2. The third-order valence-electron chi connectivity index (χ3n) is 6.25. The number of anilines is 1. The normalized spacial score (nSPS) is 20.4. The Morgan fingerprint density at radius 3 is 2.71 bits per heavy atom. The molecule has 2 saturated heterocycles. The molecule has 2 amide bonds. The third kappa shape index (κ3) is 4.23. The van der Waals surface area contributed by atoms with Gasteiger partial charge in [0.1, 0.15) is 0 Å². The van der Waals surface area contributed by atoms with Crippen molar-refractivity contribution in [3.63, 3.8) is 0 Å². The molecule has 166 valence electrons. The highest BCUT2D eigenvalue weighted by atomic mass is 32.2. The molecule has 2 aliphatic rings. The molecular weight excluding hydrogens is 416 g/mol. The lowest BCUT2D eigenvalue weighted by atomic mass is 10.1. The van der Waals surface area contributed by atoms with Crippen molar-refractivity contribution in [3.05, 3.63) is 46.8 Å². The fourth-order valence-corrected chi connectivity index (χ4v) is 6.20. The molecule has 0 unspecified atom stereocenters. The zero-order chi connectivity index (χ0) is 22.3. The Morgan fingerprint density at radius 2 is 2.06 bits per heavy atom. The highest BCUT2D eigenvalue weighted by Gasteiger charge is 2.32. The molecule has 1 aromatic heterocycles. The molecule has 4 rings (SSSR count). The Morgan fingerprint density at radius 1 is 1.29 bits per heavy atom. The van der Waals surface area contributed by atoms with Crippen LogP contribution in [-0.4, -0.2) is 60.0 Å². The van der Waals surface area contributed by atoms with Gasteiger partial charge in [0.25, 0.3) is 5.91 Å². The van der Waals surface area contributed by atoms with Crippen molar-refractivity contribution >= 4 is 27.3 Å². The standard InChI is InChI=1S/C22H28N4O4S/c1-15-20(16(2)26(23-15)19-9-11-31(29,30)14-19)13-24(3)22(28)17-6-4-7-18(12-17)25-10-5-8-21(25)27/h4,6-7,12,19H,5,8-11,13-14H2,1-3H3/t19-/m1/s1. The lowest BCUT2D eigenvalue weighted by Gasteiger charge is -2.20. The summed E-state index contributed by atoms with van der Waals surface area (Å²) in [6.45, 7) is 4.88. The average molecular weight is 445 g/mol. The lowest BCUT2D eigenvalue weighted by Crippen LogP contribution is -2.28. The quantitative estimate of drug-likeness (QED) is 0.705. The highest BCUT2D eigenvalue weighted by Crippen LogP contribution is 2.28. The van der Waals surface area contributed by atoms with Gasteiger partial charge in [-0.3, -0.25) is 14.3 Å². The van der Waals surface area contributed by atoms with Gasteiger partial charge >= 0.3 is 0 Å². The van der Waals surface area contributed by atoms with Gasteiger partial charge in [-0.05, 0) is 44.9 Å². The van der Waals surface area contributed by atoms with Crippen LogP contribution < -0.4 is 4.90 Å². The van der Waals surface area contributed by atoms with Crippen molar-refractivity contribution in [1.29, 1.82) is 0 Å². The van der Waals surface area contributed by atoms with Gasteiger partial charge in [-0.2, -0.15) is 5.10 Å². The minimum atomic E-state index is -3.00. The predicted octanol–water partition coefficient (Wildman–Crippen LogP) is 2.26. The van der Waals surface area contributed by atoms with Crippen LogP contribution in [0.25, 0.3) is 0 Å². The molecule has 2 aromatic rings. The zero-order valence-corrected chi connectivity index (χ0v) is 19.0. The van der Waals surface area contributed by atoms with E-state index in [-0.39, 0.29) is 29.4 Å². The molecule has 8 nitrogen and oxygen atoms in total. The fraction of sp³-hybridized carbons (Fsp3) is 0.500. The number of hydrogen-bond acceptors (Lipinski definition) is 5. The lowest BCUT2D eigenvalue weighted by molar-refractivity contribution is -0.117. The van der Waals surface area contributed by atoms with Crippen LogP contribution in [0.15, 0.2) is 24.3 Å². The van der Waals surface area contributed by atoms with E-state index in [1.165, 1.54) is 0 Å². The molecule has 0 radical (unpaired) electrons. The first kappa shape index (κ1) is 21.5. The Hall–Kier alpha value is -2.68. The number of sulfone groups is 1. The SMILES string of the molecule is Cc1nn([C@@H]2CCS(=O)(=O)C2)c(C)c1CN(C)C(=O)c1cccc(N2CCCC2=O)c1. The Kier molecular flexibility index (Phi) is 5.63. The van der Waals surface area contributed by atoms with E-state index in [1.54, 1.807) is 35.0 Å². The molecular formula is C22H28N4O4S. The summed E-state index contributed by atoms with van der Waals surface area (Å²) in [5.41, 5.74) is 3.92. The highest BCUT2D eigenvalue weighted by molar-refractivity contribution is 7.91. The van der Waals surface area contributed by atoms with E-state index in [0.29, 0.717) is 31.5 Å². The van der Waals surface area contributed by atoms with E-state index >= 15 is 0 Å². The summed E-state index contributed by atoms with van der Waals surface area (Å²) in [5, 5.41) is 4.59. The van der Waals surface area contributed by atoms with Crippen LogP contribution >= 0.6 is 0 Å². The number of amides is 2. The summed E-state index contributed by atoms with van der Waals surface area (Å²) in [7, 11) is -1.26. The summed E-state index contributed by atoms with van der Waals surface area (Å²) in [5.74, 6) is 0.263. The van der Waals surface area contributed by atoms with Crippen LogP contribution in [0.2, 0.25) is 0 Å². The molecule has 31 heavy (non-hydrogen) atoms. The molecule has 0 saturated carbocycles. The molecule has 0 bridgehead atoms. The second-order valence-electron chi connectivity index (χ2n) is 8.51. The Labute approximate surface area is 182 Å². The molecule has 2 fully saturated rings. The predicted molar refractivity (Wildman–Crippen MR) is 118 cm³/mol. The van der Waals surface area contributed by atoms with Gasteiger partial charge in [-0.1, -0.05) is 6.07 Å². The number of nitrogens with zero attached hydrogens (tertiary/aromatic N) is 4. The summed E-state index contributed by atoms with van der Waals surface area (Å²) in [6, 6.07) is 7.04. The van der Waals surface area contributed by atoms with Crippen molar-refractivity contribution < 1.29 is 18.0 Å². The van der Waals surface area contributed by atoms with E-state index in [2.05, 4.69) is 5.10 Å². The van der Waals surface area contributed by atoms with Gasteiger partial charge in [0.05, 0.1) is 23.2 Å². The van der Waals surface area contributed by atoms with Crippen LogP contribution in [0.5, 0.6) is 0 Å². The van der Waals surface area contributed by atoms with Crippen molar-refractivity contribution in [2.24, 2.45) is 0 Å². The molecule has 1 atom stereocenters. The van der Waals surface area contributed by atoms with E-state index in [4.69, 9.17) is 0 Å². The van der Waals surface area contributed by atoms with E-state index < -0.39 is 9.84 Å². The maximum absolute atomic E-state index is 13.1. The number of carbonyl (C=O) groups excluding carboxylic acids is 2. The summed E-state index contributed by atoms with van der Waals surface area (Å²) >= 11 is 0. The largest absolute Gasteiger partial charge is 0.337 e. The van der Waals surface area contributed by atoms with Gasteiger partial charge in [0.15, 0.2) is 9.84 Å². The Balaban J connectivity index is 1.52. The van der Waals surface area contributed by atoms with Crippen LogP contribution in [-0.2, 0) is 21.2 Å². The maximum Gasteiger partial charge on any atom is 0.253 e. The minimum absolute atomic E-state index is 0.0885. The average Bonchev–Trinajstić information content (AvgIpc) is 3.40. The first-order valence-electron chi connectivity index (χ1n) is 10.6. The number of aryl methyl sites for hydroxylation is 1. The Bertz CT molecular complexity index is 1140. The van der Waals surface area contributed by atoms with Gasteiger partial charge in [0, 0.05) is 49.1 Å². The molecule has 0 N–H and O–H groups in total. The van der Waals surface area contributed by atoms with E-state index in [0.717, 1.165) is 29.1 Å². The van der Waals surface area contributed by atoms with Gasteiger partial charge < -0.3 is 9.80 Å². The molecule has 3 heterocycles. The number of benzene rings is 1. The second-order valence-corrected chi connectivity index (χ2v) is 10.7. The summed E-state index contributed by atoms with van der Waals surface area (Å²) in [6.07, 6.45) is 1.95. The number of hydrogen-bond donors (Lipinski definition) is 0. The van der Waals surface area contributed by atoms with Gasteiger partial charge in [-0.25, -0.2) is 8.42 Å². The van der Waals surface area contributed by atoms with E-state index in [9.17, 15) is 18.0 Å². The van der Waals surface area contributed by atoms with Crippen LogP contribution in [0.3, 0.4) is 0 Å². The first-order chi connectivity index (χ1) is 14.7. The molecule has 0 aliphatic carbocycles. The second kappa shape index (κ2) is 8.11. The number of rotatable bonds is 5. The molecule has 9 heteroatoms.